The van der Waals surface area contributed by atoms with E-state index in [1.165, 1.54) is 20.5 Å². The van der Waals surface area contributed by atoms with E-state index in [9.17, 15) is 13.2 Å². The fourth-order valence-electron chi connectivity index (χ4n) is 3.49. The van der Waals surface area contributed by atoms with Gasteiger partial charge in [0, 0.05) is 62.2 Å². The van der Waals surface area contributed by atoms with Crippen molar-refractivity contribution in [3.05, 3.63) is 37.7 Å². The number of sulfonamides is 1. The molecular formula is C18H22ClN3O3S4. The van der Waals surface area contributed by atoms with Gasteiger partial charge in [0.1, 0.15) is 9.77 Å². The molecule has 4 heterocycles. The van der Waals surface area contributed by atoms with E-state index in [1.807, 2.05) is 12.1 Å². The summed E-state index contributed by atoms with van der Waals surface area (Å²) in [5.74, 6) is 1.41. The molecule has 1 amide bonds. The summed E-state index contributed by atoms with van der Waals surface area (Å²) >= 11 is 10.6. The first-order valence-electron chi connectivity index (χ1n) is 9.36. The van der Waals surface area contributed by atoms with Crippen LogP contribution in [0.1, 0.15) is 14.5 Å². The molecule has 2 fully saturated rings. The molecule has 4 rings (SSSR count). The first-order valence-corrected chi connectivity index (χ1v) is 14.0. The minimum atomic E-state index is -3.62. The van der Waals surface area contributed by atoms with Crippen LogP contribution < -0.4 is 0 Å². The van der Waals surface area contributed by atoms with Gasteiger partial charge in [-0.25, -0.2) is 8.42 Å². The second-order valence-electron chi connectivity index (χ2n) is 6.90. The number of hydrogen-bond donors (Lipinski definition) is 0. The predicted molar refractivity (Wildman–Crippen MR) is 121 cm³/mol. The monoisotopic (exact) mass is 491 g/mol. The van der Waals surface area contributed by atoms with Crippen molar-refractivity contribution in [3.63, 3.8) is 0 Å². The minimum Gasteiger partial charge on any atom is -0.335 e. The van der Waals surface area contributed by atoms with Gasteiger partial charge in [0.15, 0.2) is 0 Å². The van der Waals surface area contributed by atoms with Crippen molar-refractivity contribution >= 4 is 62.0 Å². The third kappa shape index (κ3) is 4.84. The van der Waals surface area contributed by atoms with Crippen LogP contribution in [-0.2, 0) is 16.6 Å². The van der Waals surface area contributed by atoms with Crippen LogP contribution in [0, 0.1) is 0 Å². The Hall–Kier alpha value is -0.620. The van der Waals surface area contributed by atoms with E-state index in [0.29, 0.717) is 31.1 Å². The molecule has 0 saturated carbocycles. The molecule has 0 unspecified atom stereocenters. The summed E-state index contributed by atoms with van der Waals surface area (Å²) in [6, 6.07) is 5.51. The molecule has 2 aromatic heterocycles. The molecule has 0 atom stereocenters. The zero-order valence-electron chi connectivity index (χ0n) is 15.8. The maximum Gasteiger partial charge on any atom is 0.265 e. The zero-order valence-corrected chi connectivity index (χ0v) is 19.8. The summed E-state index contributed by atoms with van der Waals surface area (Å²) in [6.07, 6.45) is 0. The van der Waals surface area contributed by atoms with Crippen molar-refractivity contribution in [1.82, 2.24) is 14.1 Å². The van der Waals surface area contributed by atoms with Gasteiger partial charge >= 0.3 is 0 Å². The van der Waals surface area contributed by atoms with Gasteiger partial charge in [0.05, 0.1) is 4.34 Å². The molecule has 0 N–H and O–H groups in total. The number of piperazine rings is 1. The number of hydrogen-bond acceptors (Lipinski definition) is 7. The van der Waals surface area contributed by atoms with Gasteiger partial charge in [-0.1, -0.05) is 11.6 Å². The molecule has 6 nitrogen and oxygen atoms in total. The first kappa shape index (κ1) is 21.6. The lowest BCUT2D eigenvalue weighted by Crippen LogP contribution is -2.48. The maximum atomic E-state index is 13.1. The normalized spacial score (nSPS) is 19.6. The summed E-state index contributed by atoms with van der Waals surface area (Å²) in [5, 5.41) is 1.70. The van der Waals surface area contributed by atoms with Crippen molar-refractivity contribution < 1.29 is 13.2 Å². The van der Waals surface area contributed by atoms with E-state index in [1.54, 1.807) is 39.4 Å². The number of amides is 1. The molecular weight excluding hydrogens is 470 g/mol. The fourth-order valence-corrected chi connectivity index (χ4v) is 8.56. The third-order valence-electron chi connectivity index (χ3n) is 5.08. The van der Waals surface area contributed by atoms with Crippen LogP contribution in [0.15, 0.2) is 28.5 Å². The molecule has 0 spiro atoms. The molecule has 0 aliphatic carbocycles. The maximum absolute atomic E-state index is 13.1. The SMILES string of the molecule is O=C(c1sccc1S(=O)(=O)N1CCSCC1)N1CCN(Cc2ccc(Cl)s2)CC1. The third-order valence-corrected chi connectivity index (χ3v) is 10.2. The number of thiophene rings is 2. The van der Waals surface area contributed by atoms with Crippen LogP contribution in [-0.4, -0.2) is 79.2 Å². The summed E-state index contributed by atoms with van der Waals surface area (Å²) in [4.78, 5) is 18.9. The van der Waals surface area contributed by atoms with E-state index in [4.69, 9.17) is 11.6 Å². The molecule has 2 aliphatic heterocycles. The highest BCUT2D eigenvalue weighted by Crippen LogP contribution is 2.29. The first-order chi connectivity index (χ1) is 13.9. The standard InChI is InChI=1S/C18H22ClN3O3S4/c19-16-2-1-14(28-16)13-20-4-6-21(7-5-20)18(23)17-15(3-10-27-17)29(24,25)22-8-11-26-12-9-22/h1-3,10H,4-9,11-13H2. The molecule has 2 aliphatic rings. The molecule has 0 aromatic carbocycles. The number of carbonyl (C=O) groups excluding carboxylic acids is 1. The van der Waals surface area contributed by atoms with Crippen molar-refractivity contribution in [3.8, 4) is 0 Å². The van der Waals surface area contributed by atoms with Crippen LogP contribution in [0.4, 0.5) is 0 Å². The zero-order chi connectivity index (χ0) is 20.4. The quantitative estimate of drug-likeness (QED) is 0.643. The minimum absolute atomic E-state index is 0.162. The highest BCUT2D eigenvalue weighted by atomic mass is 35.5. The fraction of sp³-hybridized carbons (Fsp3) is 0.500. The Morgan fingerprint density at radius 2 is 1.76 bits per heavy atom. The van der Waals surface area contributed by atoms with E-state index >= 15 is 0 Å². The molecule has 2 aromatic rings. The van der Waals surface area contributed by atoms with E-state index in [-0.39, 0.29) is 10.8 Å². The van der Waals surface area contributed by atoms with Crippen molar-refractivity contribution in [2.45, 2.75) is 11.4 Å². The Morgan fingerprint density at radius 1 is 1.03 bits per heavy atom. The van der Waals surface area contributed by atoms with Gasteiger partial charge in [-0.15, -0.1) is 22.7 Å². The molecule has 0 radical (unpaired) electrons. The van der Waals surface area contributed by atoms with E-state index in [0.717, 1.165) is 35.5 Å². The summed E-state index contributed by atoms with van der Waals surface area (Å²) in [6.45, 7) is 4.54. The van der Waals surface area contributed by atoms with Gasteiger partial charge in [-0.2, -0.15) is 16.1 Å². The highest BCUT2D eigenvalue weighted by Gasteiger charge is 2.33. The molecule has 0 bridgehead atoms. The van der Waals surface area contributed by atoms with Gasteiger partial charge in [-0.3, -0.25) is 9.69 Å². The lowest BCUT2D eigenvalue weighted by atomic mass is 10.3. The number of thioether (sulfide) groups is 1. The van der Waals surface area contributed by atoms with Gasteiger partial charge in [0.2, 0.25) is 10.0 Å². The number of halogens is 1. The lowest BCUT2D eigenvalue weighted by Gasteiger charge is -2.34. The smallest absolute Gasteiger partial charge is 0.265 e. The molecule has 29 heavy (non-hydrogen) atoms. The molecule has 2 saturated heterocycles. The number of rotatable bonds is 5. The van der Waals surface area contributed by atoms with E-state index < -0.39 is 10.0 Å². The summed E-state index contributed by atoms with van der Waals surface area (Å²) in [7, 11) is -3.62. The molecule has 11 heteroatoms. The Bertz CT molecular complexity index is 961. The van der Waals surface area contributed by atoms with Crippen LogP contribution >= 0.6 is 46.0 Å². The largest absolute Gasteiger partial charge is 0.335 e. The Kier molecular flexibility index (Phi) is 6.89. The number of nitrogens with zero attached hydrogens (tertiary/aromatic N) is 3. The summed E-state index contributed by atoms with van der Waals surface area (Å²) < 4.78 is 28.4. The Balaban J connectivity index is 1.41. The summed E-state index contributed by atoms with van der Waals surface area (Å²) in [5.41, 5.74) is 0. The van der Waals surface area contributed by atoms with E-state index in [2.05, 4.69) is 4.90 Å². The Morgan fingerprint density at radius 3 is 2.41 bits per heavy atom. The van der Waals surface area contributed by atoms with Crippen LogP contribution in [0.2, 0.25) is 4.34 Å². The van der Waals surface area contributed by atoms with Gasteiger partial charge < -0.3 is 4.90 Å². The van der Waals surface area contributed by atoms with Crippen molar-refractivity contribution in [1.29, 1.82) is 0 Å². The average Bonchev–Trinajstić information content (AvgIpc) is 3.38. The molecule has 158 valence electrons. The van der Waals surface area contributed by atoms with Gasteiger partial charge in [0.25, 0.3) is 5.91 Å². The van der Waals surface area contributed by atoms with Gasteiger partial charge in [-0.05, 0) is 23.6 Å². The van der Waals surface area contributed by atoms with Crippen LogP contribution in [0.5, 0.6) is 0 Å². The van der Waals surface area contributed by atoms with Crippen molar-refractivity contribution in [2.24, 2.45) is 0 Å². The Labute approximate surface area is 188 Å². The highest BCUT2D eigenvalue weighted by molar-refractivity contribution is 7.99. The number of carbonyl (C=O) groups is 1. The van der Waals surface area contributed by atoms with Crippen LogP contribution in [0.3, 0.4) is 0 Å². The average molecular weight is 492 g/mol. The second-order valence-corrected chi connectivity index (χ2v) is 12.8. The van der Waals surface area contributed by atoms with Crippen molar-refractivity contribution in [2.75, 3.05) is 50.8 Å². The second kappa shape index (κ2) is 9.25. The lowest BCUT2D eigenvalue weighted by molar-refractivity contribution is 0.0631. The van der Waals surface area contributed by atoms with Crippen LogP contribution in [0.25, 0.3) is 0 Å². The predicted octanol–water partition coefficient (Wildman–Crippen LogP) is 3.16. The topological polar surface area (TPSA) is 60.9 Å².